The van der Waals surface area contributed by atoms with E-state index in [1.54, 1.807) is 0 Å². The van der Waals surface area contributed by atoms with Crippen molar-refractivity contribution in [3.8, 4) is 0 Å². The van der Waals surface area contributed by atoms with Gasteiger partial charge in [-0.05, 0) is 32.7 Å². The molecular weight excluding hydrogens is 212 g/mol. The second kappa shape index (κ2) is 6.05. The predicted octanol–water partition coefficient (Wildman–Crippen LogP) is 1.87. The fourth-order valence-corrected chi connectivity index (χ4v) is 2.37. The molecule has 0 bridgehead atoms. The van der Waals surface area contributed by atoms with Gasteiger partial charge in [-0.2, -0.15) is 5.10 Å². The van der Waals surface area contributed by atoms with Crippen LogP contribution in [-0.4, -0.2) is 35.5 Å². The molecule has 1 N–H and O–H groups in total. The van der Waals surface area contributed by atoms with Gasteiger partial charge in [0.15, 0.2) is 5.82 Å². The first-order valence-electron chi connectivity index (χ1n) is 6.85. The Kier molecular flexibility index (Phi) is 4.42. The smallest absolute Gasteiger partial charge is 0.150 e. The van der Waals surface area contributed by atoms with Crippen LogP contribution in [-0.2, 0) is 6.54 Å². The minimum Gasteiger partial charge on any atom is -0.355 e. The summed E-state index contributed by atoms with van der Waals surface area (Å²) in [6.07, 6.45) is 5.71. The molecule has 4 heteroatoms. The van der Waals surface area contributed by atoms with Crippen LogP contribution in [0.4, 0.5) is 5.82 Å². The third-order valence-electron chi connectivity index (χ3n) is 3.55. The Morgan fingerprint density at radius 1 is 1.41 bits per heavy atom. The predicted molar refractivity (Wildman–Crippen MR) is 71.4 cm³/mol. The van der Waals surface area contributed by atoms with Gasteiger partial charge in [-0.15, -0.1) is 0 Å². The van der Waals surface area contributed by atoms with Gasteiger partial charge < -0.3 is 10.2 Å². The normalized spacial score (nSPS) is 22.2. The van der Waals surface area contributed by atoms with Crippen LogP contribution in [0.3, 0.4) is 0 Å². The lowest BCUT2D eigenvalue weighted by atomic mass is 10.1. The summed E-state index contributed by atoms with van der Waals surface area (Å²) in [5.74, 6) is 1.14. The number of hydrogen-bond acceptors (Lipinski definition) is 3. The summed E-state index contributed by atoms with van der Waals surface area (Å²) < 4.78 is 2.00. The Morgan fingerprint density at radius 3 is 3.00 bits per heavy atom. The van der Waals surface area contributed by atoms with E-state index in [1.165, 1.54) is 19.3 Å². The molecule has 2 rings (SSSR count). The summed E-state index contributed by atoms with van der Waals surface area (Å²) in [4.78, 5) is 2.43. The van der Waals surface area contributed by atoms with Crippen molar-refractivity contribution in [2.75, 3.05) is 24.5 Å². The fraction of sp³-hybridized carbons (Fsp3) is 0.769. The Morgan fingerprint density at radius 2 is 2.29 bits per heavy atom. The lowest BCUT2D eigenvalue weighted by Crippen LogP contribution is -2.39. The zero-order valence-corrected chi connectivity index (χ0v) is 11.0. The summed E-state index contributed by atoms with van der Waals surface area (Å²) >= 11 is 0. The van der Waals surface area contributed by atoms with Crippen molar-refractivity contribution >= 4 is 5.82 Å². The molecule has 0 saturated carbocycles. The molecule has 1 aliphatic heterocycles. The SMILES string of the molecule is CCC1CCN(c2ccn(CC)n2)CCCN1. The van der Waals surface area contributed by atoms with Crippen LogP contribution >= 0.6 is 0 Å². The number of nitrogens with zero attached hydrogens (tertiary/aromatic N) is 3. The maximum atomic E-state index is 4.60. The molecule has 0 spiro atoms. The minimum atomic E-state index is 0.672. The highest BCUT2D eigenvalue weighted by Crippen LogP contribution is 2.14. The van der Waals surface area contributed by atoms with Crippen LogP contribution < -0.4 is 10.2 Å². The molecule has 96 valence electrons. The van der Waals surface area contributed by atoms with Crippen LogP contribution in [0.25, 0.3) is 0 Å². The number of aryl methyl sites for hydroxylation is 1. The second-order valence-corrected chi connectivity index (χ2v) is 4.72. The summed E-state index contributed by atoms with van der Waals surface area (Å²) in [7, 11) is 0. The van der Waals surface area contributed by atoms with Gasteiger partial charge in [0.05, 0.1) is 0 Å². The van der Waals surface area contributed by atoms with Crippen molar-refractivity contribution in [1.82, 2.24) is 15.1 Å². The number of anilines is 1. The van der Waals surface area contributed by atoms with Crippen LogP contribution in [0.5, 0.6) is 0 Å². The maximum absolute atomic E-state index is 4.60. The van der Waals surface area contributed by atoms with Gasteiger partial charge in [0.2, 0.25) is 0 Å². The van der Waals surface area contributed by atoms with Crippen LogP contribution in [0.1, 0.15) is 33.1 Å². The first-order valence-corrected chi connectivity index (χ1v) is 6.85. The minimum absolute atomic E-state index is 0.672. The molecule has 1 aromatic heterocycles. The van der Waals surface area contributed by atoms with Gasteiger partial charge in [-0.3, -0.25) is 4.68 Å². The van der Waals surface area contributed by atoms with Crippen molar-refractivity contribution < 1.29 is 0 Å². The first kappa shape index (κ1) is 12.4. The third kappa shape index (κ3) is 3.22. The van der Waals surface area contributed by atoms with E-state index in [1.807, 2.05) is 4.68 Å². The van der Waals surface area contributed by atoms with Crippen molar-refractivity contribution in [2.45, 2.75) is 45.7 Å². The van der Waals surface area contributed by atoms with E-state index in [4.69, 9.17) is 0 Å². The van der Waals surface area contributed by atoms with E-state index in [0.717, 1.165) is 32.0 Å². The molecule has 0 radical (unpaired) electrons. The Balaban J connectivity index is 1.98. The average molecular weight is 236 g/mol. The van der Waals surface area contributed by atoms with Gasteiger partial charge in [-0.1, -0.05) is 6.92 Å². The summed E-state index contributed by atoms with van der Waals surface area (Å²) in [6.45, 7) is 8.70. The Bertz CT molecular complexity index is 334. The maximum Gasteiger partial charge on any atom is 0.150 e. The molecule has 17 heavy (non-hydrogen) atoms. The molecule has 0 aliphatic carbocycles. The van der Waals surface area contributed by atoms with E-state index in [0.29, 0.717) is 6.04 Å². The molecule has 1 aliphatic rings. The van der Waals surface area contributed by atoms with E-state index >= 15 is 0 Å². The Labute approximate surface area is 104 Å². The average Bonchev–Trinajstić information content (AvgIpc) is 2.78. The molecule has 1 aromatic rings. The van der Waals surface area contributed by atoms with Crippen molar-refractivity contribution in [3.63, 3.8) is 0 Å². The quantitative estimate of drug-likeness (QED) is 0.870. The highest BCUT2D eigenvalue weighted by molar-refractivity contribution is 5.36. The zero-order valence-electron chi connectivity index (χ0n) is 11.0. The van der Waals surface area contributed by atoms with Gasteiger partial charge in [-0.25, -0.2) is 0 Å². The standard InChI is InChI=1S/C13H24N4/c1-3-12-6-10-16(9-5-8-14-12)13-7-11-17(4-2)15-13/h7,11-12,14H,3-6,8-10H2,1-2H3. The number of aromatic nitrogens is 2. The van der Waals surface area contributed by atoms with Crippen LogP contribution in [0, 0.1) is 0 Å². The summed E-state index contributed by atoms with van der Waals surface area (Å²) in [5.41, 5.74) is 0. The topological polar surface area (TPSA) is 33.1 Å². The van der Waals surface area contributed by atoms with Crippen molar-refractivity contribution in [3.05, 3.63) is 12.3 Å². The molecule has 1 fully saturated rings. The highest BCUT2D eigenvalue weighted by Gasteiger charge is 2.15. The monoisotopic (exact) mass is 236 g/mol. The van der Waals surface area contributed by atoms with E-state index in [9.17, 15) is 0 Å². The fourth-order valence-electron chi connectivity index (χ4n) is 2.37. The van der Waals surface area contributed by atoms with Gasteiger partial charge in [0, 0.05) is 37.9 Å². The Hall–Kier alpha value is -1.03. The molecule has 2 heterocycles. The largest absolute Gasteiger partial charge is 0.355 e. The summed E-state index contributed by atoms with van der Waals surface area (Å²) in [5, 5.41) is 8.21. The zero-order chi connectivity index (χ0) is 12.1. The van der Waals surface area contributed by atoms with Gasteiger partial charge in [0.1, 0.15) is 0 Å². The van der Waals surface area contributed by atoms with Crippen LogP contribution in [0.15, 0.2) is 12.3 Å². The van der Waals surface area contributed by atoms with E-state index < -0.39 is 0 Å². The lowest BCUT2D eigenvalue weighted by molar-refractivity contribution is 0.438. The summed E-state index contributed by atoms with van der Waals surface area (Å²) in [6, 6.07) is 2.81. The highest BCUT2D eigenvalue weighted by atomic mass is 15.3. The van der Waals surface area contributed by atoms with Crippen molar-refractivity contribution in [2.24, 2.45) is 0 Å². The van der Waals surface area contributed by atoms with Crippen molar-refractivity contribution in [1.29, 1.82) is 0 Å². The molecule has 0 aromatic carbocycles. The lowest BCUT2D eigenvalue weighted by Gasteiger charge is -2.28. The molecule has 1 saturated heterocycles. The van der Waals surface area contributed by atoms with Gasteiger partial charge >= 0.3 is 0 Å². The molecule has 1 unspecified atom stereocenters. The third-order valence-corrected chi connectivity index (χ3v) is 3.55. The first-order chi connectivity index (χ1) is 8.33. The molecule has 1 atom stereocenters. The number of nitrogens with one attached hydrogen (secondary N) is 1. The van der Waals surface area contributed by atoms with E-state index in [2.05, 4.69) is 41.4 Å². The number of rotatable bonds is 3. The van der Waals surface area contributed by atoms with Crippen LogP contribution in [0.2, 0.25) is 0 Å². The number of hydrogen-bond donors (Lipinski definition) is 1. The molecule has 4 nitrogen and oxygen atoms in total. The molecular formula is C13H24N4. The van der Waals surface area contributed by atoms with E-state index in [-0.39, 0.29) is 0 Å². The molecule has 0 amide bonds. The van der Waals surface area contributed by atoms with Gasteiger partial charge in [0.25, 0.3) is 0 Å². The second-order valence-electron chi connectivity index (χ2n) is 4.72.